The van der Waals surface area contributed by atoms with Crippen LogP contribution in [0.3, 0.4) is 0 Å². The monoisotopic (exact) mass is 429 g/mol. The van der Waals surface area contributed by atoms with E-state index in [1.165, 1.54) is 56.0 Å². The van der Waals surface area contributed by atoms with Gasteiger partial charge in [0.05, 0.1) is 11.3 Å². The summed E-state index contributed by atoms with van der Waals surface area (Å²) in [5.74, 6) is 1.33. The SMILES string of the molecule is ONC(=Nc1ccc(C2CCCCC2)cc1)N1CCN(c2ncccc2C(F)F)CC1. The van der Waals surface area contributed by atoms with E-state index in [0.29, 0.717) is 43.9 Å². The summed E-state index contributed by atoms with van der Waals surface area (Å²) in [6.45, 7) is 2.09. The fourth-order valence-corrected chi connectivity index (χ4v) is 4.52. The maximum Gasteiger partial charge on any atom is 0.267 e. The largest absolute Gasteiger partial charge is 0.353 e. The Morgan fingerprint density at radius 3 is 2.39 bits per heavy atom. The van der Waals surface area contributed by atoms with Gasteiger partial charge in [-0.25, -0.2) is 24.2 Å². The third-order valence-corrected chi connectivity index (χ3v) is 6.24. The molecule has 1 saturated carbocycles. The number of nitrogens with one attached hydrogen (secondary N) is 1. The fourth-order valence-electron chi connectivity index (χ4n) is 4.52. The Hall–Kier alpha value is -2.74. The topological polar surface area (TPSA) is 64.0 Å². The highest BCUT2D eigenvalue weighted by atomic mass is 19.3. The smallest absolute Gasteiger partial charge is 0.267 e. The molecule has 1 aliphatic carbocycles. The van der Waals surface area contributed by atoms with E-state index in [0.717, 1.165) is 5.69 Å². The van der Waals surface area contributed by atoms with E-state index < -0.39 is 6.43 Å². The Kier molecular flexibility index (Phi) is 6.96. The predicted octanol–water partition coefficient (Wildman–Crippen LogP) is 4.86. The number of hydrogen-bond acceptors (Lipinski definition) is 4. The van der Waals surface area contributed by atoms with Crippen molar-refractivity contribution in [2.75, 3.05) is 31.1 Å². The summed E-state index contributed by atoms with van der Waals surface area (Å²) in [7, 11) is 0. The molecule has 4 rings (SSSR count). The van der Waals surface area contributed by atoms with Gasteiger partial charge in [0.1, 0.15) is 5.82 Å². The van der Waals surface area contributed by atoms with Crippen LogP contribution in [0.2, 0.25) is 0 Å². The number of aliphatic imine (C=N–C) groups is 1. The van der Waals surface area contributed by atoms with Crippen LogP contribution in [-0.2, 0) is 0 Å². The lowest BCUT2D eigenvalue weighted by Gasteiger charge is -2.37. The first-order valence-electron chi connectivity index (χ1n) is 11.0. The number of nitrogens with zero attached hydrogens (tertiary/aromatic N) is 4. The zero-order valence-corrected chi connectivity index (χ0v) is 17.6. The summed E-state index contributed by atoms with van der Waals surface area (Å²) < 4.78 is 26.6. The van der Waals surface area contributed by atoms with Gasteiger partial charge < -0.3 is 9.80 Å². The Labute approximate surface area is 181 Å². The molecule has 8 heteroatoms. The number of aromatic nitrogens is 1. The highest BCUT2D eigenvalue weighted by molar-refractivity contribution is 5.82. The van der Waals surface area contributed by atoms with Crippen LogP contribution in [0.15, 0.2) is 47.6 Å². The van der Waals surface area contributed by atoms with Crippen LogP contribution in [0.5, 0.6) is 0 Å². The van der Waals surface area contributed by atoms with Gasteiger partial charge in [0.2, 0.25) is 5.96 Å². The molecule has 0 spiro atoms. The summed E-state index contributed by atoms with van der Waals surface area (Å²) in [4.78, 5) is 12.5. The first-order valence-corrected chi connectivity index (χ1v) is 11.0. The van der Waals surface area contributed by atoms with Gasteiger partial charge in [-0.1, -0.05) is 31.4 Å². The van der Waals surface area contributed by atoms with Gasteiger partial charge in [0, 0.05) is 32.4 Å². The number of anilines is 1. The molecule has 6 nitrogen and oxygen atoms in total. The molecule has 0 unspecified atom stereocenters. The molecule has 2 fully saturated rings. The van der Waals surface area contributed by atoms with Gasteiger partial charge in [0.25, 0.3) is 6.43 Å². The summed E-state index contributed by atoms with van der Waals surface area (Å²) in [5, 5.41) is 9.65. The van der Waals surface area contributed by atoms with Gasteiger partial charge in [-0.3, -0.25) is 5.21 Å². The minimum absolute atomic E-state index is 0.0526. The first kappa shape index (κ1) is 21.5. The van der Waals surface area contributed by atoms with Crippen molar-refractivity contribution < 1.29 is 14.0 Å². The number of alkyl halides is 2. The standard InChI is InChI=1S/C23H29F2N5O/c24-21(25)20-7-4-12-26-22(20)29-13-15-30(16-14-29)23(28-31)27-19-10-8-18(9-11-19)17-5-2-1-3-6-17/h4,7-12,17,21,31H,1-3,5-6,13-16H2,(H,27,28). The van der Waals surface area contributed by atoms with Crippen LogP contribution >= 0.6 is 0 Å². The summed E-state index contributed by atoms with van der Waals surface area (Å²) in [6, 6.07) is 11.2. The van der Waals surface area contributed by atoms with Gasteiger partial charge in [-0.2, -0.15) is 0 Å². The highest BCUT2D eigenvalue weighted by Gasteiger charge is 2.24. The number of hydrogen-bond donors (Lipinski definition) is 2. The average molecular weight is 430 g/mol. The lowest BCUT2D eigenvalue weighted by atomic mass is 9.84. The third kappa shape index (κ3) is 5.12. The Morgan fingerprint density at radius 2 is 1.74 bits per heavy atom. The van der Waals surface area contributed by atoms with Crippen LogP contribution in [0.1, 0.15) is 55.6 Å². The number of pyridine rings is 1. The van der Waals surface area contributed by atoms with Crippen LogP contribution in [-0.4, -0.2) is 47.2 Å². The molecule has 0 amide bonds. The Bertz CT molecular complexity index is 876. The van der Waals surface area contributed by atoms with E-state index in [4.69, 9.17) is 0 Å². The molecule has 0 bridgehead atoms. The zero-order valence-electron chi connectivity index (χ0n) is 17.6. The molecule has 1 saturated heterocycles. The zero-order chi connectivity index (χ0) is 21.6. The first-order chi connectivity index (χ1) is 15.2. The molecular weight excluding hydrogens is 400 g/mol. The molecule has 2 aliphatic rings. The van der Waals surface area contributed by atoms with Crippen molar-refractivity contribution in [3.05, 3.63) is 53.7 Å². The molecule has 0 radical (unpaired) electrons. The van der Waals surface area contributed by atoms with Crippen molar-refractivity contribution in [1.29, 1.82) is 0 Å². The lowest BCUT2D eigenvalue weighted by Crippen LogP contribution is -2.52. The molecule has 166 valence electrons. The summed E-state index contributed by atoms with van der Waals surface area (Å²) >= 11 is 0. The Morgan fingerprint density at radius 1 is 1.03 bits per heavy atom. The van der Waals surface area contributed by atoms with Crippen LogP contribution in [0.25, 0.3) is 0 Å². The average Bonchev–Trinajstić information content (AvgIpc) is 2.83. The molecule has 2 heterocycles. The van der Waals surface area contributed by atoms with Crippen molar-refractivity contribution in [3.8, 4) is 0 Å². The van der Waals surface area contributed by atoms with E-state index in [1.807, 2.05) is 21.9 Å². The maximum atomic E-state index is 13.3. The highest BCUT2D eigenvalue weighted by Crippen LogP contribution is 2.33. The Balaban J connectivity index is 1.40. The predicted molar refractivity (Wildman–Crippen MR) is 117 cm³/mol. The van der Waals surface area contributed by atoms with E-state index in [-0.39, 0.29) is 5.56 Å². The van der Waals surface area contributed by atoms with E-state index in [2.05, 4.69) is 27.6 Å². The van der Waals surface area contributed by atoms with E-state index in [1.54, 1.807) is 0 Å². The minimum atomic E-state index is -2.56. The normalized spacial score (nSPS) is 18.5. The minimum Gasteiger partial charge on any atom is -0.353 e. The number of piperazine rings is 1. The molecule has 2 aromatic rings. The second-order valence-electron chi connectivity index (χ2n) is 8.16. The lowest BCUT2D eigenvalue weighted by molar-refractivity contribution is 0.151. The molecule has 1 aliphatic heterocycles. The van der Waals surface area contributed by atoms with Gasteiger partial charge in [-0.15, -0.1) is 0 Å². The number of rotatable bonds is 4. The molecule has 0 atom stereocenters. The van der Waals surface area contributed by atoms with E-state index in [9.17, 15) is 14.0 Å². The van der Waals surface area contributed by atoms with Crippen molar-refractivity contribution in [1.82, 2.24) is 15.4 Å². The second-order valence-corrected chi connectivity index (χ2v) is 8.16. The molecular formula is C23H29F2N5O. The molecule has 1 aromatic carbocycles. The van der Waals surface area contributed by atoms with Gasteiger partial charge >= 0.3 is 0 Å². The van der Waals surface area contributed by atoms with Crippen LogP contribution in [0.4, 0.5) is 20.3 Å². The van der Waals surface area contributed by atoms with Crippen molar-refractivity contribution in [2.45, 2.75) is 44.4 Å². The van der Waals surface area contributed by atoms with Crippen molar-refractivity contribution >= 4 is 17.5 Å². The third-order valence-electron chi connectivity index (χ3n) is 6.24. The number of guanidine groups is 1. The fraction of sp³-hybridized carbons (Fsp3) is 0.478. The van der Waals surface area contributed by atoms with Crippen molar-refractivity contribution in [2.24, 2.45) is 4.99 Å². The van der Waals surface area contributed by atoms with Gasteiger partial charge in [-0.05, 0) is 48.6 Å². The van der Waals surface area contributed by atoms with Gasteiger partial charge in [0.15, 0.2) is 0 Å². The van der Waals surface area contributed by atoms with Crippen molar-refractivity contribution in [3.63, 3.8) is 0 Å². The summed E-state index contributed by atoms with van der Waals surface area (Å²) in [5.41, 5.74) is 4.28. The molecule has 2 N–H and O–H groups in total. The van der Waals surface area contributed by atoms with Crippen LogP contribution < -0.4 is 10.4 Å². The number of halogens is 2. The van der Waals surface area contributed by atoms with Crippen LogP contribution in [0, 0.1) is 0 Å². The number of benzene rings is 1. The summed E-state index contributed by atoms with van der Waals surface area (Å²) in [6.07, 6.45) is 5.40. The number of hydroxylamine groups is 1. The maximum absolute atomic E-state index is 13.3. The second kappa shape index (κ2) is 10.0. The quantitative estimate of drug-likeness (QED) is 0.413. The molecule has 1 aromatic heterocycles. The molecule has 31 heavy (non-hydrogen) atoms. The van der Waals surface area contributed by atoms with E-state index >= 15 is 0 Å².